The van der Waals surface area contributed by atoms with Crippen LogP contribution in [0.5, 0.6) is 11.5 Å². The molecule has 1 rings (SSSR count). The van der Waals surface area contributed by atoms with Crippen LogP contribution in [-0.2, 0) is 0 Å². The highest BCUT2D eigenvalue weighted by molar-refractivity contribution is 5.96. The lowest BCUT2D eigenvalue weighted by Crippen LogP contribution is -2.26. The van der Waals surface area contributed by atoms with Gasteiger partial charge in [-0.05, 0) is 37.0 Å². The van der Waals surface area contributed by atoms with Crippen LogP contribution < -0.4 is 14.8 Å². The number of ether oxygens (including phenoxy) is 2. The van der Waals surface area contributed by atoms with Crippen LogP contribution in [0.2, 0.25) is 0 Å². The fraction of sp³-hybridized carbons (Fsp3) is 0.533. The van der Waals surface area contributed by atoms with E-state index in [9.17, 15) is 4.79 Å². The van der Waals surface area contributed by atoms with Crippen LogP contribution in [0.1, 0.15) is 36.2 Å². The zero-order valence-corrected chi connectivity index (χ0v) is 12.4. The number of rotatable bonds is 6. The van der Waals surface area contributed by atoms with Crippen molar-refractivity contribution in [2.24, 2.45) is 5.92 Å². The first kappa shape index (κ1) is 15.3. The summed E-state index contributed by atoms with van der Waals surface area (Å²) in [7, 11) is 3.15. The van der Waals surface area contributed by atoms with Gasteiger partial charge < -0.3 is 14.8 Å². The Kier molecular flexibility index (Phi) is 5.67. The Balaban J connectivity index is 2.85. The minimum Gasteiger partial charge on any atom is -0.493 e. The van der Waals surface area contributed by atoms with Gasteiger partial charge in [0.05, 0.1) is 14.2 Å². The van der Waals surface area contributed by atoms with Crippen LogP contribution in [0.4, 0.5) is 0 Å². The molecule has 0 bridgehead atoms. The van der Waals surface area contributed by atoms with E-state index in [1.165, 1.54) is 0 Å². The summed E-state index contributed by atoms with van der Waals surface area (Å²) >= 11 is 0. The molecule has 0 aliphatic heterocycles. The van der Waals surface area contributed by atoms with E-state index >= 15 is 0 Å². The number of benzene rings is 1. The molecule has 0 saturated carbocycles. The molecule has 1 aromatic rings. The first-order valence-corrected chi connectivity index (χ1v) is 6.50. The Labute approximate surface area is 115 Å². The Morgan fingerprint density at radius 1 is 1.21 bits per heavy atom. The molecule has 0 aromatic heterocycles. The summed E-state index contributed by atoms with van der Waals surface area (Å²) in [6.45, 7) is 6.84. The maximum atomic E-state index is 12.1. The van der Waals surface area contributed by atoms with Gasteiger partial charge in [-0.3, -0.25) is 4.79 Å². The predicted molar refractivity (Wildman–Crippen MR) is 76.1 cm³/mol. The molecular formula is C15H23NO3. The molecular weight excluding hydrogens is 242 g/mol. The molecule has 1 amide bonds. The zero-order valence-electron chi connectivity index (χ0n) is 12.4. The van der Waals surface area contributed by atoms with Crippen LogP contribution in [0.15, 0.2) is 12.1 Å². The van der Waals surface area contributed by atoms with Crippen LogP contribution in [0, 0.1) is 12.8 Å². The van der Waals surface area contributed by atoms with E-state index in [4.69, 9.17) is 9.47 Å². The van der Waals surface area contributed by atoms with Gasteiger partial charge in [0.15, 0.2) is 11.5 Å². The fourth-order valence-electron chi connectivity index (χ4n) is 1.79. The number of carbonyl (C=O) groups excluding carboxylic acids is 1. The molecule has 4 heteroatoms. The maximum Gasteiger partial charge on any atom is 0.251 e. The highest BCUT2D eigenvalue weighted by Crippen LogP contribution is 2.30. The lowest BCUT2D eigenvalue weighted by molar-refractivity contribution is 0.0951. The van der Waals surface area contributed by atoms with E-state index in [0.717, 1.165) is 12.0 Å². The molecule has 0 atom stereocenters. The summed E-state index contributed by atoms with van der Waals surface area (Å²) in [5, 5.41) is 2.92. The molecule has 0 radical (unpaired) electrons. The molecule has 0 spiro atoms. The molecule has 106 valence electrons. The third-order valence-electron chi connectivity index (χ3n) is 2.98. The molecule has 4 nitrogen and oxygen atoms in total. The first-order chi connectivity index (χ1) is 8.99. The van der Waals surface area contributed by atoms with E-state index in [0.29, 0.717) is 29.5 Å². The highest BCUT2D eigenvalue weighted by atomic mass is 16.5. The summed E-state index contributed by atoms with van der Waals surface area (Å²) < 4.78 is 10.4. The average Bonchev–Trinajstić information content (AvgIpc) is 2.37. The van der Waals surface area contributed by atoms with Gasteiger partial charge in [0.25, 0.3) is 5.91 Å². The lowest BCUT2D eigenvalue weighted by Gasteiger charge is -2.13. The van der Waals surface area contributed by atoms with Crippen molar-refractivity contribution in [2.45, 2.75) is 27.2 Å². The van der Waals surface area contributed by atoms with Gasteiger partial charge in [0.2, 0.25) is 0 Å². The van der Waals surface area contributed by atoms with Crippen LogP contribution in [-0.4, -0.2) is 26.7 Å². The van der Waals surface area contributed by atoms with Gasteiger partial charge in [0, 0.05) is 12.1 Å². The van der Waals surface area contributed by atoms with Crippen molar-refractivity contribution in [2.75, 3.05) is 20.8 Å². The van der Waals surface area contributed by atoms with E-state index in [-0.39, 0.29) is 5.91 Å². The molecule has 1 N–H and O–H groups in total. The Hall–Kier alpha value is -1.71. The van der Waals surface area contributed by atoms with Crippen LogP contribution >= 0.6 is 0 Å². The van der Waals surface area contributed by atoms with Gasteiger partial charge in [-0.1, -0.05) is 13.8 Å². The summed E-state index contributed by atoms with van der Waals surface area (Å²) in [6, 6.07) is 3.54. The van der Waals surface area contributed by atoms with E-state index in [1.807, 2.05) is 13.0 Å². The standard InChI is InChI=1S/C15H23NO3/c1-10(2)6-7-16-15(17)12-9-14(19-5)13(18-4)8-11(12)3/h8-10H,6-7H2,1-5H3,(H,16,17). The number of methoxy groups -OCH3 is 2. The topological polar surface area (TPSA) is 47.6 Å². The van der Waals surface area contributed by atoms with Crippen molar-refractivity contribution in [1.82, 2.24) is 5.32 Å². The maximum absolute atomic E-state index is 12.1. The van der Waals surface area contributed by atoms with Crippen molar-refractivity contribution in [3.8, 4) is 11.5 Å². The summed E-state index contributed by atoms with van der Waals surface area (Å²) in [6.07, 6.45) is 0.970. The molecule has 0 saturated heterocycles. The minimum absolute atomic E-state index is 0.0703. The Morgan fingerprint density at radius 2 is 1.79 bits per heavy atom. The summed E-state index contributed by atoms with van der Waals surface area (Å²) in [4.78, 5) is 12.1. The molecule has 0 fully saturated rings. The molecule has 0 aliphatic rings. The molecule has 0 unspecified atom stereocenters. The largest absolute Gasteiger partial charge is 0.493 e. The lowest BCUT2D eigenvalue weighted by atomic mass is 10.1. The third kappa shape index (κ3) is 4.16. The van der Waals surface area contributed by atoms with Crippen molar-refractivity contribution in [3.05, 3.63) is 23.3 Å². The van der Waals surface area contributed by atoms with Crippen molar-refractivity contribution >= 4 is 5.91 Å². The van der Waals surface area contributed by atoms with E-state index in [1.54, 1.807) is 20.3 Å². The summed E-state index contributed by atoms with van der Waals surface area (Å²) in [5.41, 5.74) is 1.50. The Bertz CT molecular complexity index is 441. The number of aryl methyl sites for hydroxylation is 1. The Morgan fingerprint density at radius 3 is 2.32 bits per heavy atom. The third-order valence-corrected chi connectivity index (χ3v) is 2.98. The number of hydrogen-bond donors (Lipinski definition) is 1. The number of amides is 1. The second-order valence-corrected chi connectivity index (χ2v) is 4.96. The quantitative estimate of drug-likeness (QED) is 0.860. The SMILES string of the molecule is COc1cc(C)c(C(=O)NCCC(C)C)cc1OC. The van der Waals surface area contributed by atoms with E-state index in [2.05, 4.69) is 19.2 Å². The molecule has 0 aliphatic carbocycles. The second kappa shape index (κ2) is 7.02. The van der Waals surface area contributed by atoms with Crippen molar-refractivity contribution < 1.29 is 14.3 Å². The van der Waals surface area contributed by atoms with Crippen LogP contribution in [0.25, 0.3) is 0 Å². The van der Waals surface area contributed by atoms with Crippen molar-refractivity contribution in [1.29, 1.82) is 0 Å². The number of hydrogen-bond acceptors (Lipinski definition) is 3. The minimum atomic E-state index is -0.0703. The van der Waals surface area contributed by atoms with Gasteiger partial charge >= 0.3 is 0 Å². The van der Waals surface area contributed by atoms with E-state index < -0.39 is 0 Å². The normalized spacial score (nSPS) is 10.4. The van der Waals surface area contributed by atoms with Gasteiger partial charge in [-0.2, -0.15) is 0 Å². The molecule has 0 heterocycles. The van der Waals surface area contributed by atoms with Gasteiger partial charge in [0.1, 0.15) is 0 Å². The fourth-order valence-corrected chi connectivity index (χ4v) is 1.79. The smallest absolute Gasteiger partial charge is 0.251 e. The average molecular weight is 265 g/mol. The van der Waals surface area contributed by atoms with Crippen LogP contribution in [0.3, 0.4) is 0 Å². The second-order valence-electron chi connectivity index (χ2n) is 4.96. The monoisotopic (exact) mass is 265 g/mol. The van der Waals surface area contributed by atoms with Gasteiger partial charge in [-0.15, -0.1) is 0 Å². The summed E-state index contributed by atoms with van der Waals surface area (Å²) in [5.74, 6) is 1.71. The predicted octanol–water partition coefficient (Wildman–Crippen LogP) is 2.79. The molecule has 19 heavy (non-hydrogen) atoms. The zero-order chi connectivity index (χ0) is 14.4. The highest BCUT2D eigenvalue weighted by Gasteiger charge is 2.14. The van der Waals surface area contributed by atoms with Gasteiger partial charge in [-0.25, -0.2) is 0 Å². The number of nitrogens with one attached hydrogen (secondary N) is 1. The first-order valence-electron chi connectivity index (χ1n) is 6.50. The van der Waals surface area contributed by atoms with Crippen molar-refractivity contribution in [3.63, 3.8) is 0 Å². The molecule has 1 aromatic carbocycles. The number of carbonyl (C=O) groups is 1.